The first kappa shape index (κ1) is 12.1. The Labute approximate surface area is 92.4 Å². The van der Waals surface area contributed by atoms with Gasteiger partial charge < -0.3 is 10.5 Å². The van der Waals surface area contributed by atoms with E-state index in [4.69, 9.17) is 10.5 Å². The normalized spacial score (nSPS) is 18.3. The molecule has 0 bridgehead atoms. The van der Waals surface area contributed by atoms with Crippen LogP contribution in [0.4, 0.5) is 0 Å². The fraction of sp³-hybridized carbons (Fsp3) is 0.538. The molecule has 0 aromatic heterocycles. The standard InChI is InChI=1S/C11H15NO.C2H6/c1-8-2-4-10-6-9(7-12)3-5-11(10)13-8;1-2/h3,5-6,8H,2,4,7,12H2,1H3;1-2H3. The lowest BCUT2D eigenvalue weighted by Crippen LogP contribution is -2.19. The summed E-state index contributed by atoms with van der Waals surface area (Å²) in [6.07, 6.45) is 2.59. The van der Waals surface area contributed by atoms with Crippen LogP contribution in [0.3, 0.4) is 0 Å². The Hall–Kier alpha value is -1.02. The first-order valence-corrected chi connectivity index (χ1v) is 5.78. The highest BCUT2D eigenvalue weighted by Gasteiger charge is 2.15. The Bertz CT molecular complexity index is 309. The molecule has 1 heterocycles. The van der Waals surface area contributed by atoms with Gasteiger partial charge in [0.25, 0.3) is 0 Å². The number of rotatable bonds is 1. The van der Waals surface area contributed by atoms with Crippen LogP contribution in [0.25, 0.3) is 0 Å². The maximum Gasteiger partial charge on any atom is 0.122 e. The van der Waals surface area contributed by atoms with E-state index < -0.39 is 0 Å². The Morgan fingerprint density at radius 1 is 1.40 bits per heavy atom. The molecule has 0 radical (unpaired) electrons. The minimum absolute atomic E-state index is 0.358. The van der Waals surface area contributed by atoms with Crippen LogP contribution >= 0.6 is 0 Å². The van der Waals surface area contributed by atoms with Gasteiger partial charge in [-0.1, -0.05) is 26.0 Å². The summed E-state index contributed by atoms with van der Waals surface area (Å²) in [7, 11) is 0. The maximum absolute atomic E-state index is 5.69. The molecule has 15 heavy (non-hydrogen) atoms. The largest absolute Gasteiger partial charge is 0.490 e. The molecule has 0 fully saturated rings. The molecule has 0 amide bonds. The zero-order valence-electron chi connectivity index (χ0n) is 9.92. The molecular formula is C13H21NO. The average Bonchev–Trinajstić information content (AvgIpc) is 2.31. The third-order valence-electron chi connectivity index (χ3n) is 2.51. The highest BCUT2D eigenvalue weighted by molar-refractivity contribution is 5.38. The van der Waals surface area contributed by atoms with Gasteiger partial charge in [-0.25, -0.2) is 0 Å². The van der Waals surface area contributed by atoms with E-state index in [1.807, 2.05) is 26.0 Å². The first-order chi connectivity index (χ1) is 7.29. The maximum atomic E-state index is 5.69. The lowest BCUT2D eigenvalue weighted by molar-refractivity contribution is 0.192. The van der Waals surface area contributed by atoms with Crippen molar-refractivity contribution in [3.05, 3.63) is 29.3 Å². The number of nitrogens with two attached hydrogens (primary N) is 1. The van der Waals surface area contributed by atoms with Crippen LogP contribution < -0.4 is 10.5 Å². The van der Waals surface area contributed by atoms with Crippen molar-refractivity contribution in [1.82, 2.24) is 0 Å². The molecule has 1 atom stereocenters. The van der Waals surface area contributed by atoms with Crippen LogP contribution in [0.5, 0.6) is 5.75 Å². The van der Waals surface area contributed by atoms with Crippen molar-refractivity contribution in [3.63, 3.8) is 0 Å². The molecule has 2 heteroatoms. The topological polar surface area (TPSA) is 35.2 Å². The first-order valence-electron chi connectivity index (χ1n) is 5.78. The fourth-order valence-corrected chi connectivity index (χ4v) is 1.70. The smallest absolute Gasteiger partial charge is 0.122 e. The molecule has 2 rings (SSSR count). The van der Waals surface area contributed by atoms with Crippen LogP contribution in [0.1, 0.15) is 38.3 Å². The van der Waals surface area contributed by atoms with Crippen LogP contribution in [0, 0.1) is 0 Å². The van der Waals surface area contributed by atoms with Gasteiger partial charge in [0.1, 0.15) is 5.75 Å². The van der Waals surface area contributed by atoms with Crippen molar-refractivity contribution in [2.24, 2.45) is 5.73 Å². The molecule has 1 aromatic rings. The quantitative estimate of drug-likeness (QED) is 0.768. The predicted molar refractivity (Wildman–Crippen MR) is 64.1 cm³/mol. The van der Waals surface area contributed by atoms with Gasteiger partial charge in [0.15, 0.2) is 0 Å². The van der Waals surface area contributed by atoms with Crippen LogP contribution in [0.15, 0.2) is 18.2 Å². The van der Waals surface area contributed by atoms with Gasteiger partial charge in [-0.05, 0) is 37.0 Å². The third-order valence-corrected chi connectivity index (χ3v) is 2.51. The highest BCUT2D eigenvalue weighted by atomic mass is 16.5. The summed E-state index contributed by atoms with van der Waals surface area (Å²) >= 11 is 0. The van der Waals surface area contributed by atoms with Crippen molar-refractivity contribution in [2.75, 3.05) is 0 Å². The highest BCUT2D eigenvalue weighted by Crippen LogP contribution is 2.28. The molecule has 1 aliphatic rings. The Morgan fingerprint density at radius 3 is 2.80 bits per heavy atom. The predicted octanol–water partition coefficient (Wildman–Crippen LogP) is 2.89. The Kier molecular flexibility index (Phi) is 4.63. The van der Waals surface area contributed by atoms with Gasteiger partial charge in [0, 0.05) is 6.54 Å². The SMILES string of the molecule is CC.CC1CCc2cc(CN)ccc2O1. The Balaban J connectivity index is 0.000000531. The van der Waals surface area contributed by atoms with Crippen molar-refractivity contribution < 1.29 is 4.74 Å². The second kappa shape index (κ2) is 5.76. The second-order valence-electron chi connectivity index (χ2n) is 3.61. The van der Waals surface area contributed by atoms with E-state index in [9.17, 15) is 0 Å². The minimum Gasteiger partial charge on any atom is -0.490 e. The molecule has 0 spiro atoms. The van der Waals surface area contributed by atoms with Crippen molar-refractivity contribution in [3.8, 4) is 5.75 Å². The van der Waals surface area contributed by atoms with E-state index in [0.29, 0.717) is 12.6 Å². The zero-order chi connectivity index (χ0) is 11.3. The van der Waals surface area contributed by atoms with Gasteiger partial charge in [-0.3, -0.25) is 0 Å². The second-order valence-corrected chi connectivity index (χ2v) is 3.61. The Morgan fingerprint density at radius 2 is 2.13 bits per heavy atom. The molecule has 1 aliphatic heterocycles. The number of aryl methyl sites for hydroxylation is 1. The molecule has 0 saturated heterocycles. The van der Waals surface area contributed by atoms with Crippen LogP contribution in [0.2, 0.25) is 0 Å². The summed E-state index contributed by atoms with van der Waals surface area (Å²) in [5.74, 6) is 1.04. The van der Waals surface area contributed by atoms with Gasteiger partial charge in [-0.2, -0.15) is 0 Å². The van der Waals surface area contributed by atoms with Gasteiger partial charge in [0.2, 0.25) is 0 Å². The molecule has 1 aromatic carbocycles. The summed E-state index contributed by atoms with van der Waals surface area (Å²) in [4.78, 5) is 0. The molecule has 2 nitrogen and oxygen atoms in total. The molecule has 0 aliphatic carbocycles. The summed E-state index contributed by atoms with van der Waals surface area (Å²) in [5, 5.41) is 0. The lowest BCUT2D eigenvalue weighted by atomic mass is 10.0. The van der Waals surface area contributed by atoms with Crippen molar-refractivity contribution >= 4 is 0 Å². The van der Waals surface area contributed by atoms with E-state index in [0.717, 1.165) is 18.6 Å². The summed E-state index contributed by atoms with van der Waals surface area (Å²) < 4.78 is 5.69. The average molecular weight is 207 g/mol. The van der Waals surface area contributed by atoms with Crippen molar-refractivity contribution in [1.29, 1.82) is 0 Å². The monoisotopic (exact) mass is 207 g/mol. The zero-order valence-corrected chi connectivity index (χ0v) is 9.92. The number of benzene rings is 1. The van der Waals surface area contributed by atoms with Crippen LogP contribution in [-0.4, -0.2) is 6.10 Å². The number of fused-ring (bicyclic) bond motifs is 1. The summed E-state index contributed by atoms with van der Waals surface area (Å²) in [5.41, 5.74) is 8.07. The summed E-state index contributed by atoms with van der Waals surface area (Å²) in [6, 6.07) is 6.23. The molecular weight excluding hydrogens is 186 g/mol. The summed E-state index contributed by atoms with van der Waals surface area (Å²) in [6.45, 7) is 6.72. The molecule has 84 valence electrons. The lowest BCUT2D eigenvalue weighted by Gasteiger charge is -2.23. The van der Waals surface area contributed by atoms with E-state index in [1.165, 1.54) is 11.1 Å². The van der Waals surface area contributed by atoms with E-state index in [-0.39, 0.29) is 0 Å². The molecule has 1 unspecified atom stereocenters. The van der Waals surface area contributed by atoms with Gasteiger partial charge in [-0.15, -0.1) is 0 Å². The van der Waals surface area contributed by atoms with E-state index in [1.54, 1.807) is 0 Å². The van der Waals surface area contributed by atoms with E-state index >= 15 is 0 Å². The van der Waals surface area contributed by atoms with E-state index in [2.05, 4.69) is 13.0 Å². The minimum atomic E-state index is 0.358. The number of hydrogen-bond donors (Lipinski definition) is 1. The number of ether oxygens (including phenoxy) is 1. The molecule has 2 N–H and O–H groups in total. The third kappa shape index (κ3) is 2.96. The molecule has 0 saturated carbocycles. The van der Waals surface area contributed by atoms with Gasteiger partial charge in [0.05, 0.1) is 6.10 Å². The van der Waals surface area contributed by atoms with Crippen molar-refractivity contribution in [2.45, 2.75) is 46.3 Å². The van der Waals surface area contributed by atoms with Crippen LogP contribution in [-0.2, 0) is 13.0 Å². The fourth-order valence-electron chi connectivity index (χ4n) is 1.70. The number of hydrogen-bond acceptors (Lipinski definition) is 2. The van der Waals surface area contributed by atoms with Gasteiger partial charge >= 0.3 is 0 Å².